The van der Waals surface area contributed by atoms with Crippen molar-refractivity contribution in [1.82, 2.24) is 4.90 Å². The van der Waals surface area contributed by atoms with E-state index < -0.39 is 27.3 Å². The maximum Gasteiger partial charge on any atom is 0.255 e. The van der Waals surface area contributed by atoms with Crippen LogP contribution < -0.4 is 5.32 Å². The first-order valence-corrected chi connectivity index (χ1v) is 12.7. The predicted molar refractivity (Wildman–Crippen MR) is 128 cm³/mol. The summed E-state index contributed by atoms with van der Waals surface area (Å²) in [6.45, 7) is 1.31. The molecule has 4 rings (SSSR count). The third-order valence-corrected chi connectivity index (χ3v) is 7.55. The Morgan fingerprint density at radius 3 is 2.18 bits per heavy atom. The largest absolute Gasteiger partial charge is 0.339 e. The summed E-state index contributed by atoms with van der Waals surface area (Å²) in [4.78, 5) is 27.4. The zero-order valence-electron chi connectivity index (χ0n) is 18.1. The maximum atomic E-state index is 13.2. The fourth-order valence-electron chi connectivity index (χ4n) is 3.80. The number of hydrogen-bond acceptors (Lipinski definition) is 4. The van der Waals surface area contributed by atoms with Crippen molar-refractivity contribution in [2.75, 3.05) is 18.4 Å². The molecule has 0 aromatic heterocycles. The number of halogens is 2. The molecule has 0 radical (unpaired) electrons. The molecule has 0 atom stereocenters. The summed E-state index contributed by atoms with van der Waals surface area (Å²) < 4.78 is 39.4. The Bertz CT molecular complexity index is 1320. The van der Waals surface area contributed by atoms with Gasteiger partial charge < -0.3 is 10.2 Å². The molecule has 1 fully saturated rings. The molecule has 2 amide bonds. The Balaban J connectivity index is 1.68. The molecule has 1 saturated heterocycles. The molecule has 0 unspecified atom stereocenters. The van der Waals surface area contributed by atoms with Gasteiger partial charge in [0.2, 0.25) is 0 Å². The van der Waals surface area contributed by atoms with Gasteiger partial charge in [0.25, 0.3) is 11.8 Å². The average Bonchev–Trinajstić information content (AvgIpc) is 3.35. The van der Waals surface area contributed by atoms with Gasteiger partial charge in [0, 0.05) is 34.9 Å². The summed E-state index contributed by atoms with van der Waals surface area (Å²) in [5.41, 5.74) is 1.09. The standard InChI is InChI=1S/C25H22ClFN2O4S/c26-20-6-10-22(11-7-20)34(32,33)16-19-15-18(25(31)29-13-1-2-14-29)5-12-23(19)28-24(30)17-3-8-21(27)9-4-17/h3-12,15H,1-2,13-14,16H2,(H,28,30). The Morgan fingerprint density at radius 1 is 0.912 bits per heavy atom. The zero-order chi connectivity index (χ0) is 24.3. The average molecular weight is 501 g/mol. The van der Waals surface area contributed by atoms with Crippen LogP contribution in [0.3, 0.4) is 0 Å². The summed E-state index contributed by atoms with van der Waals surface area (Å²) in [6.07, 6.45) is 1.85. The molecular formula is C25H22ClFN2O4S. The van der Waals surface area contributed by atoms with Crippen LogP contribution in [0.15, 0.2) is 71.6 Å². The van der Waals surface area contributed by atoms with Crippen molar-refractivity contribution in [3.05, 3.63) is 94.3 Å². The van der Waals surface area contributed by atoms with Crippen molar-refractivity contribution in [2.24, 2.45) is 0 Å². The Hall–Kier alpha value is -3.23. The van der Waals surface area contributed by atoms with Gasteiger partial charge in [-0.15, -0.1) is 0 Å². The van der Waals surface area contributed by atoms with Crippen LogP contribution in [-0.4, -0.2) is 38.2 Å². The van der Waals surface area contributed by atoms with Gasteiger partial charge in [0.05, 0.1) is 10.6 Å². The van der Waals surface area contributed by atoms with E-state index in [1.54, 1.807) is 11.0 Å². The molecule has 9 heteroatoms. The van der Waals surface area contributed by atoms with Gasteiger partial charge in [0.1, 0.15) is 5.82 Å². The lowest BCUT2D eigenvalue weighted by atomic mass is 10.1. The lowest BCUT2D eigenvalue weighted by Crippen LogP contribution is -2.27. The molecule has 1 aliphatic heterocycles. The number of amides is 2. The number of rotatable bonds is 6. The van der Waals surface area contributed by atoms with Crippen LogP contribution in [0.4, 0.5) is 10.1 Å². The van der Waals surface area contributed by atoms with E-state index in [0.29, 0.717) is 23.7 Å². The summed E-state index contributed by atoms with van der Waals surface area (Å²) in [7, 11) is -3.80. The zero-order valence-corrected chi connectivity index (χ0v) is 19.7. The first-order valence-electron chi connectivity index (χ1n) is 10.7. The van der Waals surface area contributed by atoms with Crippen LogP contribution in [0.5, 0.6) is 0 Å². The van der Waals surface area contributed by atoms with Gasteiger partial charge in [-0.1, -0.05) is 11.6 Å². The monoisotopic (exact) mass is 500 g/mol. The highest BCUT2D eigenvalue weighted by atomic mass is 35.5. The van der Waals surface area contributed by atoms with Crippen LogP contribution in [-0.2, 0) is 15.6 Å². The van der Waals surface area contributed by atoms with Gasteiger partial charge in [-0.2, -0.15) is 0 Å². The van der Waals surface area contributed by atoms with Gasteiger partial charge in [-0.25, -0.2) is 12.8 Å². The summed E-state index contributed by atoms with van der Waals surface area (Å²) >= 11 is 5.88. The fourth-order valence-corrected chi connectivity index (χ4v) is 5.29. The normalized spacial score (nSPS) is 13.6. The molecule has 0 spiro atoms. The number of hydrogen-bond donors (Lipinski definition) is 1. The summed E-state index contributed by atoms with van der Waals surface area (Å²) in [5.74, 6) is -1.62. The highest BCUT2D eigenvalue weighted by molar-refractivity contribution is 7.90. The van der Waals surface area contributed by atoms with Gasteiger partial charge in [0.15, 0.2) is 9.84 Å². The maximum absolute atomic E-state index is 13.2. The minimum atomic E-state index is -3.80. The molecular weight excluding hydrogens is 479 g/mol. The van der Waals surface area contributed by atoms with Crippen LogP contribution in [0.25, 0.3) is 0 Å². The highest BCUT2D eigenvalue weighted by Gasteiger charge is 2.23. The highest BCUT2D eigenvalue weighted by Crippen LogP contribution is 2.26. The van der Waals surface area contributed by atoms with Crippen molar-refractivity contribution in [1.29, 1.82) is 0 Å². The van der Waals surface area contributed by atoms with E-state index in [1.165, 1.54) is 60.7 Å². The van der Waals surface area contributed by atoms with Gasteiger partial charge >= 0.3 is 0 Å². The number of carbonyl (C=O) groups is 2. The van der Waals surface area contributed by atoms with Crippen molar-refractivity contribution >= 4 is 38.9 Å². The van der Waals surface area contributed by atoms with E-state index >= 15 is 0 Å². The van der Waals surface area contributed by atoms with Crippen LogP contribution in [0.2, 0.25) is 5.02 Å². The second kappa shape index (κ2) is 9.95. The number of sulfone groups is 1. The Kier molecular flexibility index (Phi) is 7.00. The topological polar surface area (TPSA) is 83.6 Å². The first-order chi connectivity index (χ1) is 16.2. The number of likely N-dealkylation sites (tertiary alicyclic amines) is 1. The molecule has 0 bridgehead atoms. The molecule has 6 nitrogen and oxygen atoms in total. The predicted octanol–water partition coefficient (Wildman–Crippen LogP) is 4.94. The molecule has 34 heavy (non-hydrogen) atoms. The molecule has 0 saturated carbocycles. The van der Waals surface area contributed by atoms with Crippen molar-refractivity contribution < 1.29 is 22.4 Å². The van der Waals surface area contributed by atoms with Crippen LogP contribution in [0, 0.1) is 5.82 Å². The second-order valence-electron chi connectivity index (χ2n) is 8.05. The third kappa shape index (κ3) is 5.46. The van der Waals surface area contributed by atoms with Crippen molar-refractivity contribution in [2.45, 2.75) is 23.5 Å². The molecule has 176 valence electrons. The number of benzene rings is 3. The summed E-state index contributed by atoms with van der Waals surface area (Å²) in [5, 5.41) is 3.10. The molecule has 1 N–H and O–H groups in total. The van der Waals surface area contributed by atoms with Gasteiger partial charge in [-0.3, -0.25) is 9.59 Å². The minimum Gasteiger partial charge on any atom is -0.339 e. The second-order valence-corrected chi connectivity index (χ2v) is 10.5. The van der Waals surface area contributed by atoms with E-state index in [9.17, 15) is 22.4 Å². The quantitative estimate of drug-likeness (QED) is 0.519. The number of nitrogens with one attached hydrogen (secondary N) is 1. The lowest BCUT2D eigenvalue weighted by molar-refractivity contribution is 0.0792. The molecule has 1 heterocycles. The Labute approximate surface area is 202 Å². The third-order valence-electron chi connectivity index (χ3n) is 5.62. The van der Waals surface area contributed by atoms with E-state index in [-0.39, 0.29) is 27.6 Å². The minimum absolute atomic E-state index is 0.0731. The van der Waals surface area contributed by atoms with Crippen LogP contribution >= 0.6 is 11.6 Å². The van der Waals surface area contributed by atoms with Crippen LogP contribution in [0.1, 0.15) is 39.1 Å². The number of nitrogens with zero attached hydrogens (tertiary/aromatic N) is 1. The molecule has 0 aliphatic carbocycles. The first kappa shape index (κ1) is 23.9. The van der Waals surface area contributed by atoms with Crippen molar-refractivity contribution in [3.63, 3.8) is 0 Å². The molecule has 3 aromatic carbocycles. The van der Waals surface area contributed by atoms with Gasteiger partial charge in [-0.05, 0) is 85.1 Å². The van der Waals surface area contributed by atoms with Crippen molar-refractivity contribution in [3.8, 4) is 0 Å². The fraction of sp³-hybridized carbons (Fsp3) is 0.200. The summed E-state index contributed by atoms with van der Waals surface area (Å²) in [6, 6.07) is 15.4. The lowest BCUT2D eigenvalue weighted by Gasteiger charge is -2.18. The smallest absolute Gasteiger partial charge is 0.255 e. The number of anilines is 1. The van der Waals surface area contributed by atoms with E-state index in [0.717, 1.165) is 12.8 Å². The molecule has 1 aliphatic rings. The Morgan fingerprint density at radius 2 is 1.53 bits per heavy atom. The molecule has 3 aromatic rings. The van der Waals surface area contributed by atoms with E-state index in [2.05, 4.69) is 5.32 Å². The number of carbonyl (C=O) groups excluding carboxylic acids is 2. The van der Waals surface area contributed by atoms with E-state index in [4.69, 9.17) is 11.6 Å². The van der Waals surface area contributed by atoms with E-state index in [1.807, 2.05) is 0 Å². The SMILES string of the molecule is O=C(Nc1ccc(C(=O)N2CCCC2)cc1CS(=O)(=O)c1ccc(Cl)cc1)c1ccc(F)cc1.